The third kappa shape index (κ3) is 3.52. The van der Waals surface area contributed by atoms with Crippen molar-refractivity contribution in [1.82, 2.24) is 19.8 Å². The molecule has 1 atom stereocenters. The number of hydrogen-bond donors (Lipinski definition) is 1. The van der Waals surface area contributed by atoms with E-state index in [4.69, 9.17) is 4.74 Å². The fourth-order valence-corrected chi connectivity index (χ4v) is 2.23. The van der Waals surface area contributed by atoms with Crippen molar-refractivity contribution < 1.29 is 4.74 Å². The van der Waals surface area contributed by atoms with E-state index >= 15 is 0 Å². The Kier molecular flexibility index (Phi) is 4.53. The van der Waals surface area contributed by atoms with Crippen LogP contribution in [0.3, 0.4) is 0 Å². The Bertz CT molecular complexity index is 337. The van der Waals surface area contributed by atoms with Gasteiger partial charge in [-0.05, 0) is 7.05 Å². The van der Waals surface area contributed by atoms with Crippen molar-refractivity contribution in [3.63, 3.8) is 0 Å². The van der Waals surface area contributed by atoms with Crippen LogP contribution < -0.4 is 5.32 Å². The molecule has 0 aromatic carbocycles. The number of aromatic nitrogens is 2. The van der Waals surface area contributed by atoms with Gasteiger partial charge in [0.25, 0.3) is 0 Å². The summed E-state index contributed by atoms with van der Waals surface area (Å²) < 4.78 is 7.77. The quantitative estimate of drug-likeness (QED) is 0.777. The Morgan fingerprint density at radius 3 is 3.18 bits per heavy atom. The molecule has 1 aliphatic rings. The molecule has 0 aliphatic carbocycles. The second-order valence-corrected chi connectivity index (χ2v) is 4.56. The third-order valence-electron chi connectivity index (χ3n) is 3.23. The zero-order valence-electron chi connectivity index (χ0n) is 10.7. The van der Waals surface area contributed by atoms with Crippen molar-refractivity contribution in [1.29, 1.82) is 0 Å². The zero-order valence-corrected chi connectivity index (χ0v) is 10.7. The molecule has 5 nitrogen and oxygen atoms in total. The van der Waals surface area contributed by atoms with E-state index < -0.39 is 0 Å². The van der Waals surface area contributed by atoms with Crippen LogP contribution >= 0.6 is 0 Å². The molecular weight excluding hydrogens is 216 g/mol. The van der Waals surface area contributed by atoms with E-state index in [-0.39, 0.29) is 0 Å². The van der Waals surface area contributed by atoms with Crippen LogP contribution in [0.25, 0.3) is 0 Å². The zero-order chi connectivity index (χ0) is 12.1. The maximum Gasteiger partial charge on any atom is 0.109 e. The summed E-state index contributed by atoms with van der Waals surface area (Å²) in [6.45, 7) is 4.89. The highest BCUT2D eigenvalue weighted by Crippen LogP contribution is 2.06. The van der Waals surface area contributed by atoms with Crippen LogP contribution in [0.5, 0.6) is 0 Å². The topological polar surface area (TPSA) is 42.3 Å². The average Bonchev–Trinajstić information content (AvgIpc) is 2.73. The van der Waals surface area contributed by atoms with Crippen LogP contribution in [-0.2, 0) is 18.2 Å². The van der Waals surface area contributed by atoms with Crippen molar-refractivity contribution in [2.24, 2.45) is 7.05 Å². The average molecular weight is 238 g/mol. The fourth-order valence-electron chi connectivity index (χ4n) is 2.23. The summed E-state index contributed by atoms with van der Waals surface area (Å²) in [5, 5.41) is 3.17. The van der Waals surface area contributed by atoms with E-state index in [1.807, 2.05) is 26.5 Å². The van der Waals surface area contributed by atoms with Gasteiger partial charge in [0.15, 0.2) is 0 Å². The van der Waals surface area contributed by atoms with Crippen LogP contribution in [0.2, 0.25) is 0 Å². The van der Waals surface area contributed by atoms with Gasteiger partial charge in [0.1, 0.15) is 5.82 Å². The number of ether oxygens (including phenoxy) is 1. The minimum absolute atomic E-state index is 0.329. The van der Waals surface area contributed by atoms with Crippen molar-refractivity contribution >= 4 is 0 Å². The van der Waals surface area contributed by atoms with E-state index in [1.54, 1.807) is 0 Å². The highest BCUT2D eigenvalue weighted by atomic mass is 16.5. The van der Waals surface area contributed by atoms with Gasteiger partial charge in [-0.1, -0.05) is 0 Å². The summed E-state index contributed by atoms with van der Waals surface area (Å²) in [4.78, 5) is 6.81. The maximum atomic E-state index is 5.68. The predicted molar refractivity (Wildman–Crippen MR) is 67.0 cm³/mol. The minimum atomic E-state index is 0.329. The normalized spacial score (nSPS) is 21.9. The van der Waals surface area contributed by atoms with Gasteiger partial charge in [0, 0.05) is 52.0 Å². The summed E-state index contributed by atoms with van der Waals surface area (Å²) in [6.07, 6.45) is 5.20. The number of nitrogens with one attached hydrogen (secondary N) is 1. The SMILES string of the molecule is CNCC1CN(CCc2nccn2C)CCO1. The lowest BCUT2D eigenvalue weighted by Crippen LogP contribution is -2.46. The first-order valence-corrected chi connectivity index (χ1v) is 6.24. The molecule has 0 saturated carbocycles. The number of likely N-dealkylation sites (N-methyl/N-ethyl adjacent to an activating group) is 1. The standard InChI is InChI=1S/C12H22N4O/c1-13-9-11-10-16(7-8-17-11)5-3-12-14-4-6-15(12)2/h4,6,11,13H,3,5,7-10H2,1-2H3. The predicted octanol–water partition coefficient (Wildman–Crippen LogP) is -0.117. The van der Waals surface area contributed by atoms with Crippen molar-refractivity contribution in [3.8, 4) is 0 Å². The summed E-state index contributed by atoms with van der Waals surface area (Å²) >= 11 is 0. The van der Waals surface area contributed by atoms with Crippen LogP contribution in [0.4, 0.5) is 0 Å². The Labute approximate surface area is 103 Å². The van der Waals surface area contributed by atoms with Crippen molar-refractivity contribution in [2.45, 2.75) is 12.5 Å². The highest BCUT2D eigenvalue weighted by molar-refractivity contribution is 4.92. The molecule has 1 aromatic rings. The fraction of sp³-hybridized carbons (Fsp3) is 0.750. The van der Waals surface area contributed by atoms with Gasteiger partial charge in [0.05, 0.1) is 12.7 Å². The van der Waals surface area contributed by atoms with Gasteiger partial charge < -0.3 is 14.6 Å². The number of morpholine rings is 1. The van der Waals surface area contributed by atoms with E-state index in [2.05, 4.69) is 19.8 Å². The summed E-state index contributed by atoms with van der Waals surface area (Å²) in [5.41, 5.74) is 0. The van der Waals surface area contributed by atoms with Gasteiger partial charge in [-0.25, -0.2) is 4.98 Å². The van der Waals surface area contributed by atoms with Gasteiger partial charge in [-0.15, -0.1) is 0 Å². The second-order valence-electron chi connectivity index (χ2n) is 4.56. The first kappa shape index (κ1) is 12.5. The molecule has 1 N–H and O–H groups in total. The molecule has 2 heterocycles. The number of nitrogens with zero attached hydrogens (tertiary/aromatic N) is 3. The molecule has 17 heavy (non-hydrogen) atoms. The Morgan fingerprint density at radius 1 is 1.59 bits per heavy atom. The molecule has 1 aliphatic heterocycles. The number of rotatable bonds is 5. The lowest BCUT2D eigenvalue weighted by Gasteiger charge is -2.32. The van der Waals surface area contributed by atoms with Crippen LogP contribution in [0, 0.1) is 0 Å². The maximum absolute atomic E-state index is 5.68. The Balaban J connectivity index is 1.77. The monoisotopic (exact) mass is 238 g/mol. The molecule has 1 fully saturated rings. The molecular formula is C12H22N4O. The molecule has 1 saturated heterocycles. The molecule has 96 valence electrons. The van der Waals surface area contributed by atoms with E-state index in [1.165, 1.54) is 0 Å². The molecule has 2 rings (SSSR count). The van der Waals surface area contributed by atoms with Crippen LogP contribution in [-0.4, -0.2) is 60.4 Å². The van der Waals surface area contributed by atoms with E-state index in [9.17, 15) is 0 Å². The number of aryl methyl sites for hydroxylation is 1. The van der Waals surface area contributed by atoms with Gasteiger partial charge in [-0.2, -0.15) is 0 Å². The van der Waals surface area contributed by atoms with Gasteiger partial charge in [-0.3, -0.25) is 4.90 Å². The lowest BCUT2D eigenvalue weighted by molar-refractivity contribution is -0.0259. The first-order valence-electron chi connectivity index (χ1n) is 6.24. The van der Waals surface area contributed by atoms with Crippen LogP contribution in [0.15, 0.2) is 12.4 Å². The molecule has 1 unspecified atom stereocenters. The molecule has 0 bridgehead atoms. The van der Waals surface area contributed by atoms with Gasteiger partial charge >= 0.3 is 0 Å². The molecule has 0 spiro atoms. The smallest absolute Gasteiger partial charge is 0.109 e. The summed E-state index contributed by atoms with van der Waals surface area (Å²) in [5.74, 6) is 1.15. The minimum Gasteiger partial charge on any atom is -0.374 e. The molecule has 0 radical (unpaired) electrons. The summed E-state index contributed by atoms with van der Waals surface area (Å²) in [7, 11) is 4.02. The molecule has 5 heteroatoms. The highest BCUT2D eigenvalue weighted by Gasteiger charge is 2.19. The number of imidazole rings is 1. The second kappa shape index (κ2) is 6.14. The Morgan fingerprint density at radius 2 is 2.47 bits per heavy atom. The van der Waals surface area contributed by atoms with Gasteiger partial charge in [0.2, 0.25) is 0 Å². The molecule has 0 amide bonds. The van der Waals surface area contributed by atoms with E-state index in [0.29, 0.717) is 6.10 Å². The van der Waals surface area contributed by atoms with Crippen molar-refractivity contribution in [2.75, 3.05) is 39.8 Å². The van der Waals surface area contributed by atoms with E-state index in [0.717, 1.165) is 45.0 Å². The van der Waals surface area contributed by atoms with Crippen LogP contribution in [0.1, 0.15) is 5.82 Å². The van der Waals surface area contributed by atoms with Crippen molar-refractivity contribution in [3.05, 3.63) is 18.2 Å². The summed E-state index contributed by atoms with van der Waals surface area (Å²) in [6, 6.07) is 0. The lowest BCUT2D eigenvalue weighted by atomic mass is 10.2. The third-order valence-corrected chi connectivity index (χ3v) is 3.23. The molecule has 1 aromatic heterocycles. The largest absolute Gasteiger partial charge is 0.374 e. The first-order chi connectivity index (χ1) is 8.29. The Hall–Kier alpha value is -0.910. The number of hydrogen-bond acceptors (Lipinski definition) is 4.